The van der Waals surface area contributed by atoms with E-state index in [4.69, 9.17) is 11.5 Å². The second-order valence-electron chi connectivity index (χ2n) is 5.81. The number of likely N-dealkylation sites (tertiary alicyclic amines) is 1. The van der Waals surface area contributed by atoms with Gasteiger partial charge in [-0.3, -0.25) is 9.69 Å². The number of anilines is 1. The summed E-state index contributed by atoms with van der Waals surface area (Å²) < 4.78 is 0. The van der Waals surface area contributed by atoms with E-state index in [1.807, 2.05) is 24.3 Å². The molecule has 1 amide bonds. The third-order valence-electron chi connectivity index (χ3n) is 4.25. The maximum Gasteiger partial charge on any atom is 0.222 e. The second-order valence-corrected chi connectivity index (χ2v) is 5.81. The van der Waals surface area contributed by atoms with E-state index in [1.54, 1.807) is 12.3 Å². The average Bonchev–Trinajstić information content (AvgIpc) is 2.93. The minimum absolute atomic E-state index is 0.0781. The first kappa shape index (κ1) is 14.5. The summed E-state index contributed by atoms with van der Waals surface area (Å²) in [4.78, 5) is 18.2. The zero-order valence-corrected chi connectivity index (χ0v) is 12.4. The van der Waals surface area contributed by atoms with Crippen LogP contribution in [-0.2, 0) is 11.3 Å². The van der Waals surface area contributed by atoms with Gasteiger partial charge < -0.3 is 11.5 Å². The van der Waals surface area contributed by atoms with Crippen LogP contribution in [0.5, 0.6) is 0 Å². The van der Waals surface area contributed by atoms with Crippen molar-refractivity contribution in [3.63, 3.8) is 0 Å². The number of carbonyl (C=O) groups excluding carboxylic acids is 1. The fourth-order valence-electron chi connectivity index (χ4n) is 3.12. The lowest BCUT2D eigenvalue weighted by Gasteiger charge is -2.16. The number of pyridine rings is 1. The van der Waals surface area contributed by atoms with Crippen molar-refractivity contribution in [1.82, 2.24) is 9.88 Å². The normalized spacial score (nSPS) is 21.8. The van der Waals surface area contributed by atoms with Gasteiger partial charge in [-0.2, -0.15) is 0 Å². The highest BCUT2D eigenvalue weighted by atomic mass is 16.1. The Bertz CT molecular complexity index is 641. The number of rotatable bonds is 4. The minimum atomic E-state index is -0.252. The van der Waals surface area contributed by atoms with E-state index in [9.17, 15) is 4.79 Å². The van der Waals surface area contributed by atoms with Gasteiger partial charge in [-0.05, 0) is 17.2 Å². The Morgan fingerprint density at radius 1 is 1.18 bits per heavy atom. The van der Waals surface area contributed by atoms with Crippen molar-refractivity contribution in [2.75, 3.05) is 18.8 Å². The number of aromatic nitrogens is 1. The van der Waals surface area contributed by atoms with Crippen LogP contribution >= 0.6 is 0 Å². The van der Waals surface area contributed by atoms with Crippen LogP contribution in [0.3, 0.4) is 0 Å². The molecule has 4 N–H and O–H groups in total. The lowest BCUT2D eigenvalue weighted by atomic mass is 9.89. The molecule has 2 heterocycles. The van der Waals surface area contributed by atoms with Crippen molar-refractivity contribution in [2.24, 2.45) is 11.7 Å². The number of nitrogen functional groups attached to an aromatic ring is 1. The van der Waals surface area contributed by atoms with Gasteiger partial charge in [-0.25, -0.2) is 4.98 Å². The molecule has 1 aromatic carbocycles. The number of nitrogens with zero attached hydrogens (tertiary/aromatic N) is 2. The Kier molecular flexibility index (Phi) is 4.06. The van der Waals surface area contributed by atoms with E-state index < -0.39 is 0 Å². The van der Waals surface area contributed by atoms with Gasteiger partial charge in [-0.15, -0.1) is 0 Å². The van der Waals surface area contributed by atoms with Crippen LogP contribution in [0.25, 0.3) is 0 Å². The van der Waals surface area contributed by atoms with Gasteiger partial charge in [0, 0.05) is 31.7 Å². The van der Waals surface area contributed by atoms with E-state index in [2.05, 4.69) is 22.0 Å². The average molecular weight is 296 g/mol. The number of hydrogen-bond acceptors (Lipinski definition) is 4. The molecule has 22 heavy (non-hydrogen) atoms. The van der Waals surface area contributed by atoms with Crippen LogP contribution in [0.2, 0.25) is 0 Å². The predicted octanol–water partition coefficient (Wildman–Crippen LogP) is 1.36. The Morgan fingerprint density at radius 2 is 1.95 bits per heavy atom. The van der Waals surface area contributed by atoms with Gasteiger partial charge >= 0.3 is 0 Å². The van der Waals surface area contributed by atoms with Crippen LogP contribution < -0.4 is 11.5 Å². The summed E-state index contributed by atoms with van der Waals surface area (Å²) in [7, 11) is 0. The number of hydrogen-bond donors (Lipinski definition) is 2. The van der Waals surface area contributed by atoms with E-state index in [0.717, 1.165) is 18.7 Å². The van der Waals surface area contributed by atoms with Crippen LogP contribution in [0.15, 0.2) is 48.7 Å². The molecule has 0 aliphatic carbocycles. The second kappa shape index (κ2) is 6.15. The van der Waals surface area contributed by atoms with Gasteiger partial charge in [0.25, 0.3) is 0 Å². The van der Waals surface area contributed by atoms with Crippen molar-refractivity contribution < 1.29 is 4.79 Å². The standard InChI is InChI=1S/C17H20N4O/c18-16-7-6-13(8-20-16)14-10-21(11-15(14)17(19)22)9-12-4-2-1-3-5-12/h1-8,14-15H,9-11H2,(H2,18,20)(H2,19,22). The third-order valence-corrected chi connectivity index (χ3v) is 4.25. The van der Waals surface area contributed by atoms with Crippen LogP contribution in [0.1, 0.15) is 17.0 Å². The third kappa shape index (κ3) is 3.09. The molecular formula is C17H20N4O. The predicted molar refractivity (Wildman–Crippen MR) is 85.8 cm³/mol. The Hall–Kier alpha value is -2.40. The summed E-state index contributed by atoms with van der Waals surface area (Å²) in [6, 6.07) is 14.0. The molecule has 0 bridgehead atoms. The molecule has 5 heteroatoms. The van der Waals surface area contributed by atoms with E-state index >= 15 is 0 Å². The summed E-state index contributed by atoms with van der Waals surface area (Å²) in [5, 5.41) is 0. The molecule has 2 atom stereocenters. The topological polar surface area (TPSA) is 85.2 Å². The smallest absolute Gasteiger partial charge is 0.222 e. The summed E-state index contributed by atoms with van der Waals surface area (Å²) in [6.07, 6.45) is 1.75. The maximum absolute atomic E-state index is 11.8. The quantitative estimate of drug-likeness (QED) is 0.892. The van der Waals surface area contributed by atoms with Gasteiger partial charge in [0.05, 0.1) is 5.92 Å². The minimum Gasteiger partial charge on any atom is -0.384 e. The van der Waals surface area contributed by atoms with Crippen molar-refractivity contribution in [3.05, 3.63) is 59.8 Å². The summed E-state index contributed by atoms with van der Waals surface area (Å²) in [5.74, 6) is 0.124. The van der Waals surface area contributed by atoms with Crippen molar-refractivity contribution >= 4 is 11.7 Å². The number of nitrogens with two attached hydrogens (primary N) is 2. The van der Waals surface area contributed by atoms with E-state index in [0.29, 0.717) is 12.4 Å². The number of benzene rings is 1. The van der Waals surface area contributed by atoms with Gasteiger partial charge in [0.2, 0.25) is 5.91 Å². The highest BCUT2D eigenvalue weighted by molar-refractivity contribution is 5.78. The number of primary amides is 1. The monoisotopic (exact) mass is 296 g/mol. The number of amides is 1. The molecule has 2 aromatic rings. The van der Waals surface area contributed by atoms with Gasteiger partial charge in [-0.1, -0.05) is 36.4 Å². The van der Waals surface area contributed by atoms with Crippen molar-refractivity contribution in [3.8, 4) is 0 Å². The molecule has 0 saturated carbocycles. The summed E-state index contributed by atoms with van der Waals surface area (Å²) in [6.45, 7) is 2.30. The summed E-state index contributed by atoms with van der Waals surface area (Å²) >= 11 is 0. The molecule has 1 saturated heterocycles. The maximum atomic E-state index is 11.8. The highest BCUT2D eigenvalue weighted by Gasteiger charge is 2.37. The molecule has 0 spiro atoms. The first-order valence-electron chi connectivity index (χ1n) is 7.40. The Labute approximate surface area is 129 Å². The van der Waals surface area contributed by atoms with Crippen LogP contribution in [0, 0.1) is 5.92 Å². The Balaban J connectivity index is 1.77. The fourth-order valence-corrected chi connectivity index (χ4v) is 3.12. The SMILES string of the molecule is NC(=O)C1CN(Cc2ccccc2)CC1c1ccc(N)nc1. The molecule has 1 fully saturated rings. The highest BCUT2D eigenvalue weighted by Crippen LogP contribution is 2.33. The molecule has 5 nitrogen and oxygen atoms in total. The number of carbonyl (C=O) groups is 1. The molecule has 2 unspecified atom stereocenters. The molecular weight excluding hydrogens is 276 g/mol. The lowest BCUT2D eigenvalue weighted by Crippen LogP contribution is -2.29. The molecule has 114 valence electrons. The zero-order chi connectivity index (χ0) is 15.5. The molecule has 1 aliphatic rings. The van der Waals surface area contributed by atoms with Crippen molar-refractivity contribution in [2.45, 2.75) is 12.5 Å². The van der Waals surface area contributed by atoms with E-state index in [-0.39, 0.29) is 17.7 Å². The first-order chi connectivity index (χ1) is 10.6. The zero-order valence-electron chi connectivity index (χ0n) is 12.4. The first-order valence-corrected chi connectivity index (χ1v) is 7.40. The van der Waals surface area contributed by atoms with Gasteiger partial charge in [0.1, 0.15) is 5.82 Å². The molecule has 1 aromatic heterocycles. The largest absolute Gasteiger partial charge is 0.384 e. The molecule has 0 radical (unpaired) electrons. The molecule has 1 aliphatic heterocycles. The molecule has 3 rings (SSSR count). The summed E-state index contributed by atoms with van der Waals surface area (Å²) in [5.41, 5.74) is 13.5. The van der Waals surface area contributed by atoms with Crippen LogP contribution in [-0.4, -0.2) is 28.9 Å². The Morgan fingerprint density at radius 3 is 2.59 bits per heavy atom. The van der Waals surface area contributed by atoms with Crippen molar-refractivity contribution in [1.29, 1.82) is 0 Å². The van der Waals surface area contributed by atoms with Gasteiger partial charge in [0.15, 0.2) is 0 Å². The lowest BCUT2D eigenvalue weighted by molar-refractivity contribution is -0.121. The fraction of sp³-hybridized carbons (Fsp3) is 0.294. The van der Waals surface area contributed by atoms with Crippen LogP contribution in [0.4, 0.5) is 5.82 Å². The van der Waals surface area contributed by atoms with E-state index in [1.165, 1.54) is 5.56 Å².